The molecule has 5 heteroatoms. The third-order valence-corrected chi connectivity index (χ3v) is 3.77. The first-order valence-electron chi connectivity index (χ1n) is 7.60. The lowest BCUT2D eigenvalue weighted by atomic mass is 10.2. The number of ether oxygens (including phenoxy) is 2. The van der Waals surface area contributed by atoms with Crippen molar-refractivity contribution in [3.8, 4) is 0 Å². The van der Waals surface area contributed by atoms with Gasteiger partial charge in [-0.1, -0.05) is 13.8 Å². The van der Waals surface area contributed by atoms with Crippen LogP contribution in [0, 0.1) is 5.92 Å². The van der Waals surface area contributed by atoms with Crippen molar-refractivity contribution >= 4 is 11.3 Å². The van der Waals surface area contributed by atoms with E-state index in [-0.39, 0.29) is 0 Å². The number of rotatable bonds is 12. The SMILES string of the molecule is COCCCN(Cc1ccsc1)CC(O)COCC(C)C. The van der Waals surface area contributed by atoms with Gasteiger partial charge < -0.3 is 14.6 Å². The molecule has 1 unspecified atom stereocenters. The lowest BCUT2D eigenvalue weighted by molar-refractivity contribution is 0.00582. The Morgan fingerprint density at radius 1 is 1.33 bits per heavy atom. The van der Waals surface area contributed by atoms with Gasteiger partial charge in [0.2, 0.25) is 0 Å². The number of methoxy groups -OCH3 is 1. The number of hydrogen-bond acceptors (Lipinski definition) is 5. The van der Waals surface area contributed by atoms with Crippen molar-refractivity contribution in [3.05, 3.63) is 22.4 Å². The van der Waals surface area contributed by atoms with Gasteiger partial charge in [-0.05, 0) is 34.7 Å². The van der Waals surface area contributed by atoms with E-state index in [1.54, 1.807) is 18.4 Å². The summed E-state index contributed by atoms with van der Waals surface area (Å²) in [6, 6.07) is 2.13. The summed E-state index contributed by atoms with van der Waals surface area (Å²) >= 11 is 1.71. The van der Waals surface area contributed by atoms with E-state index in [4.69, 9.17) is 9.47 Å². The Balaban J connectivity index is 2.35. The molecule has 0 aliphatic rings. The molecule has 1 aromatic rings. The summed E-state index contributed by atoms with van der Waals surface area (Å²) in [5, 5.41) is 14.4. The van der Waals surface area contributed by atoms with Gasteiger partial charge in [0.05, 0.1) is 12.7 Å². The maximum atomic E-state index is 10.1. The average molecular weight is 315 g/mol. The van der Waals surface area contributed by atoms with Crippen molar-refractivity contribution in [2.24, 2.45) is 5.92 Å². The molecule has 0 saturated heterocycles. The Bertz CT molecular complexity index is 343. The summed E-state index contributed by atoms with van der Waals surface area (Å²) < 4.78 is 10.6. The largest absolute Gasteiger partial charge is 0.389 e. The summed E-state index contributed by atoms with van der Waals surface area (Å²) in [4.78, 5) is 2.27. The Hall–Kier alpha value is -0.460. The molecule has 1 atom stereocenters. The second-order valence-corrected chi connectivity index (χ2v) is 6.58. The molecule has 0 radical (unpaired) electrons. The van der Waals surface area contributed by atoms with Gasteiger partial charge in [0.1, 0.15) is 0 Å². The summed E-state index contributed by atoms with van der Waals surface area (Å²) in [7, 11) is 1.72. The first-order chi connectivity index (χ1) is 10.1. The van der Waals surface area contributed by atoms with Crippen LogP contribution >= 0.6 is 11.3 Å². The highest BCUT2D eigenvalue weighted by atomic mass is 32.1. The van der Waals surface area contributed by atoms with Gasteiger partial charge in [-0.2, -0.15) is 11.3 Å². The highest BCUT2D eigenvalue weighted by Gasteiger charge is 2.13. The number of nitrogens with zero attached hydrogens (tertiary/aromatic N) is 1. The van der Waals surface area contributed by atoms with Crippen LogP contribution in [0.1, 0.15) is 25.8 Å². The van der Waals surface area contributed by atoms with Crippen molar-refractivity contribution in [3.63, 3.8) is 0 Å². The number of aliphatic hydroxyl groups excluding tert-OH is 1. The molecule has 0 saturated carbocycles. The normalized spacial score (nSPS) is 13.2. The van der Waals surface area contributed by atoms with Crippen LogP contribution in [-0.4, -0.2) is 56.1 Å². The Morgan fingerprint density at radius 2 is 2.14 bits per heavy atom. The Labute approximate surface area is 132 Å². The van der Waals surface area contributed by atoms with Crippen LogP contribution in [0.5, 0.6) is 0 Å². The van der Waals surface area contributed by atoms with E-state index in [0.29, 0.717) is 25.7 Å². The van der Waals surface area contributed by atoms with E-state index in [0.717, 1.165) is 26.1 Å². The van der Waals surface area contributed by atoms with Crippen LogP contribution in [0.25, 0.3) is 0 Å². The zero-order valence-corrected chi connectivity index (χ0v) is 14.3. The predicted molar refractivity (Wildman–Crippen MR) is 87.8 cm³/mol. The summed E-state index contributed by atoms with van der Waals surface area (Å²) in [5.41, 5.74) is 1.30. The van der Waals surface area contributed by atoms with E-state index in [1.165, 1.54) is 5.56 Å². The topological polar surface area (TPSA) is 41.9 Å². The fraction of sp³-hybridized carbons (Fsp3) is 0.750. The van der Waals surface area contributed by atoms with Gasteiger partial charge in [0, 0.05) is 40.0 Å². The zero-order valence-electron chi connectivity index (χ0n) is 13.5. The van der Waals surface area contributed by atoms with Crippen LogP contribution in [0.3, 0.4) is 0 Å². The smallest absolute Gasteiger partial charge is 0.0900 e. The van der Waals surface area contributed by atoms with E-state index in [2.05, 4.69) is 35.6 Å². The maximum absolute atomic E-state index is 10.1. The number of hydrogen-bond donors (Lipinski definition) is 1. The number of aliphatic hydroxyl groups is 1. The standard InChI is InChI=1S/C16H29NO3S/c1-14(2)11-20-12-16(18)10-17(6-4-7-19-3)9-15-5-8-21-13-15/h5,8,13-14,16,18H,4,6-7,9-12H2,1-3H3. The fourth-order valence-corrected chi connectivity index (χ4v) is 2.76. The Kier molecular flexibility index (Phi) is 9.87. The van der Waals surface area contributed by atoms with Gasteiger partial charge in [-0.25, -0.2) is 0 Å². The van der Waals surface area contributed by atoms with Gasteiger partial charge in [-0.3, -0.25) is 4.90 Å². The highest BCUT2D eigenvalue weighted by Crippen LogP contribution is 2.10. The average Bonchev–Trinajstić information content (AvgIpc) is 2.91. The lowest BCUT2D eigenvalue weighted by Crippen LogP contribution is -2.35. The molecule has 0 aromatic carbocycles. The van der Waals surface area contributed by atoms with E-state index in [1.807, 2.05) is 0 Å². The quantitative estimate of drug-likeness (QED) is 0.602. The van der Waals surface area contributed by atoms with Crippen molar-refractivity contribution in [2.45, 2.75) is 32.9 Å². The molecule has 1 rings (SSSR count). The molecule has 0 aliphatic carbocycles. The predicted octanol–water partition coefficient (Wildman–Crippen LogP) is 2.62. The third kappa shape index (κ3) is 9.22. The van der Waals surface area contributed by atoms with Gasteiger partial charge in [-0.15, -0.1) is 0 Å². The molecule has 21 heavy (non-hydrogen) atoms. The lowest BCUT2D eigenvalue weighted by Gasteiger charge is -2.25. The molecule has 0 spiro atoms. The van der Waals surface area contributed by atoms with Crippen molar-refractivity contribution in [1.82, 2.24) is 4.90 Å². The molecule has 1 aromatic heterocycles. The second-order valence-electron chi connectivity index (χ2n) is 5.80. The summed E-state index contributed by atoms with van der Waals surface area (Å²) in [6.07, 6.45) is 0.533. The zero-order chi connectivity index (χ0) is 15.5. The van der Waals surface area contributed by atoms with Crippen LogP contribution in [0.2, 0.25) is 0 Å². The summed E-state index contributed by atoms with van der Waals surface area (Å²) in [6.45, 7) is 8.50. The molecule has 122 valence electrons. The first-order valence-corrected chi connectivity index (χ1v) is 8.54. The molecule has 0 fully saturated rings. The highest BCUT2D eigenvalue weighted by molar-refractivity contribution is 7.07. The molecule has 1 N–H and O–H groups in total. The maximum Gasteiger partial charge on any atom is 0.0900 e. The van der Waals surface area contributed by atoms with Crippen LogP contribution in [0.4, 0.5) is 0 Å². The monoisotopic (exact) mass is 315 g/mol. The van der Waals surface area contributed by atoms with Crippen LogP contribution in [0.15, 0.2) is 16.8 Å². The van der Waals surface area contributed by atoms with Gasteiger partial charge in [0.25, 0.3) is 0 Å². The summed E-state index contributed by atoms with van der Waals surface area (Å²) in [5.74, 6) is 0.501. The Morgan fingerprint density at radius 3 is 2.76 bits per heavy atom. The third-order valence-electron chi connectivity index (χ3n) is 3.04. The molecule has 0 aliphatic heterocycles. The fourth-order valence-electron chi connectivity index (χ4n) is 2.10. The number of thiophene rings is 1. The van der Waals surface area contributed by atoms with Crippen molar-refractivity contribution in [1.29, 1.82) is 0 Å². The minimum Gasteiger partial charge on any atom is -0.389 e. The molecule has 4 nitrogen and oxygen atoms in total. The molecular formula is C16H29NO3S. The molecule has 1 heterocycles. The molecule has 0 amide bonds. The van der Waals surface area contributed by atoms with Gasteiger partial charge in [0.15, 0.2) is 0 Å². The van der Waals surface area contributed by atoms with Crippen molar-refractivity contribution < 1.29 is 14.6 Å². The molecular weight excluding hydrogens is 286 g/mol. The van der Waals surface area contributed by atoms with Crippen LogP contribution < -0.4 is 0 Å². The molecule has 0 bridgehead atoms. The van der Waals surface area contributed by atoms with Crippen LogP contribution in [-0.2, 0) is 16.0 Å². The van der Waals surface area contributed by atoms with E-state index in [9.17, 15) is 5.11 Å². The van der Waals surface area contributed by atoms with E-state index < -0.39 is 6.10 Å². The van der Waals surface area contributed by atoms with Crippen molar-refractivity contribution in [2.75, 3.05) is 40.0 Å². The minimum atomic E-state index is -0.440. The first kappa shape index (κ1) is 18.6. The van der Waals surface area contributed by atoms with E-state index >= 15 is 0 Å². The minimum absolute atomic E-state index is 0.405. The second kappa shape index (κ2) is 11.2. The van der Waals surface area contributed by atoms with Gasteiger partial charge >= 0.3 is 0 Å².